The quantitative estimate of drug-likeness (QED) is 0.801. The van der Waals surface area contributed by atoms with Crippen molar-refractivity contribution in [2.75, 3.05) is 31.9 Å². The van der Waals surface area contributed by atoms with Gasteiger partial charge in [0.1, 0.15) is 5.82 Å². The number of hydrogen-bond acceptors (Lipinski definition) is 5. The van der Waals surface area contributed by atoms with E-state index in [1.165, 1.54) is 18.2 Å². The van der Waals surface area contributed by atoms with Gasteiger partial charge in [-0.25, -0.2) is 0 Å². The summed E-state index contributed by atoms with van der Waals surface area (Å²) in [7, 11) is 1.99. The summed E-state index contributed by atoms with van der Waals surface area (Å²) in [5.41, 5.74) is 0. The van der Waals surface area contributed by atoms with Gasteiger partial charge in [-0.15, -0.1) is 10.2 Å². The number of nitrogens with one attached hydrogen (secondary N) is 1. The van der Waals surface area contributed by atoms with E-state index in [4.69, 9.17) is 0 Å². The van der Waals surface area contributed by atoms with Gasteiger partial charge in [0.05, 0.1) is 5.75 Å². The molecule has 7 heteroatoms. The van der Waals surface area contributed by atoms with Crippen LogP contribution in [0, 0.1) is 0 Å². The zero-order valence-electron chi connectivity index (χ0n) is 13.1. The van der Waals surface area contributed by atoms with E-state index in [0.29, 0.717) is 11.7 Å². The van der Waals surface area contributed by atoms with Crippen LogP contribution in [0.3, 0.4) is 0 Å². The van der Waals surface area contributed by atoms with Gasteiger partial charge in [0, 0.05) is 32.6 Å². The lowest BCUT2D eigenvalue weighted by molar-refractivity contribution is -0.127. The lowest BCUT2D eigenvalue weighted by Gasteiger charge is -2.21. The summed E-state index contributed by atoms with van der Waals surface area (Å²) in [6, 6.07) is 0. The van der Waals surface area contributed by atoms with Crippen molar-refractivity contribution in [1.82, 2.24) is 25.0 Å². The Morgan fingerprint density at radius 3 is 2.81 bits per heavy atom. The fourth-order valence-corrected chi connectivity index (χ4v) is 3.49. The van der Waals surface area contributed by atoms with Crippen LogP contribution in [0.1, 0.15) is 38.4 Å². The second-order valence-electron chi connectivity index (χ2n) is 5.30. The Kier molecular flexibility index (Phi) is 6.05. The van der Waals surface area contributed by atoms with Gasteiger partial charge in [0.25, 0.3) is 0 Å². The molecule has 0 unspecified atom stereocenters. The number of aromatic nitrogens is 3. The fraction of sp³-hybridized carbons (Fsp3) is 0.786. The highest BCUT2D eigenvalue weighted by Crippen LogP contribution is 2.24. The van der Waals surface area contributed by atoms with Gasteiger partial charge in [0.2, 0.25) is 5.91 Å². The molecule has 0 saturated carbocycles. The normalized spacial score (nSPS) is 18.7. The molecule has 0 aliphatic carbocycles. The Balaban J connectivity index is 1.95. The van der Waals surface area contributed by atoms with Crippen LogP contribution in [-0.2, 0) is 11.8 Å². The van der Waals surface area contributed by atoms with Crippen molar-refractivity contribution in [3.8, 4) is 0 Å². The lowest BCUT2D eigenvalue weighted by atomic mass is 9.99. The van der Waals surface area contributed by atoms with E-state index < -0.39 is 0 Å². The van der Waals surface area contributed by atoms with E-state index in [1.807, 2.05) is 30.4 Å². The summed E-state index contributed by atoms with van der Waals surface area (Å²) >= 11 is 1.48. The standard InChI is InChI=1S/C14H25N5OS/c1-4-19(5-2)12(20)10-21-14-17-16-13(18(14)3)11-7-6-8-15-9-11/h11,15H,4-10H2,1-3H3/t11-/m1/s1. The Morgan fingerprint density at radius 2 is 2.19 bits per heavy atom. The third-order valence-electron chi connectivity index (χ3n) is 3.97. The molecule has 1 aliphatic heterocycles. The third kappa shape index (κ3) is 3.97. The van der Waals surface area contributed by atoms with Crippen LogP contribution < -0.4 is 5.32 Å². The smallest absolute Gasteiger partial charge is 0.233 e. The SMILES string of the molecule is CCN(CC)C(=O)CSc1nnc([C@@H]2CCCNC2)n1C. The van der Waals surface area contributed by atoms with Gasteiger partial charge < -0.3 is 14.8 Å². The molecule has 1 atom stereocenters. The van der Waals surface area contributed by atoms with Crippen LogP contribution in [0.4, 0.5) is 0 Å². The summed E-state index contributed by atoms with van der Waals surface area (Å²) in [6.07, 6.45) is 2.34. The predicted molar refractivity (Wildman–Crippen MR) is 84.5 cm³/mol. The first-order valence-corrected chi connectivity index (χ1v) is 8.66. The van der Waals surface area contributed by atoms with E-state index in [2.05, 4.69) is 15.5 Å². The Hall–Kier alpha value is -1.08. The Morgan fingerprint density at radius 1 is 1.43 bits per heavy atom. The molecule has 0 bridgehead atoms. The number of amides is 1. The van der Waals surface area contributed by atoms with Crippen molar-refractivity contribution in [3.63, 3.8) is 0 Å². The average molecular weight is 311 g/mol. The number of thioether (sulfide) groups is 1. The summed E-state index contributed by atoms with van der Waals surface area (Å²) < 4.78 is 2.04. The van der Waals surface area contributed by atoms with Gasteiger partial charge in [-0.2, -0.15) is 0 Å². The van der Waals surface area contributed by atoms with Crippen molar-refractivity contribution in [2.24, 2.45) is 7.05 Å². The van der Waals surface area contributed by atoms with Crippen molar-refractivity contribution in [3.05, 3.63) is 5.82 Å². The molecule has 1 aromatic rings. The third-order valence-corrected chi connectivity index (χ3v) is 4.98. The first-order valence-electron chi connectivity index (χ1n) is 7.67. The second-order valence-corrected chi connectivity index (χ2v) is 6.24. The minimum absolute atomic E-state index is 0.161. The van der Waals surface area contributed by atoms with Crippen LogP contribution in [0.25, 0.3) is 0 Å². The minimum Gasteiger partial charge on any atom is -0.343 e. The Bertz CT molecular complexity index is 466. The maximum Gasteiger partial charge on any atom is 0.233 e. The zero-order chi connectivity index (χ0) is 15.2. The molecule has 1 N–H and O–H groups in total. The number of hydrogen-bond donors (Lipinski definition) is 1. The summed E-state index contributed by atoms with van der Waals surface area (Å²) in [4.78, 5) is 13.9. The van der Waals surface area contributed by atoms with Gasteiger partial charge >= 0.3 is 0 Å². The molecule has 6 nitrogen and oxygen atoms in total. The lowest BCUT2D eigenvalue weighted by Crippen LogP contribution is -2.32. The summed E-state index contributed by atoms with van der Waals surface area (Å²) in [5, 5.41) is 12.8. The van der Waals surface area contributed by atoms with Crippen LogP contribution in [0.2, 0.25) is 0 Å². The topological polar surface area (TPSA) is 63.1 Å². The number of rotatable bonds is 6. The molecule has 1 aliphatic rings. The van der Waals surface area contributed by atoms with Gasteiger partial charge in [-0.1, -0.05) is 11.8 Å². The van der Waals surface area contributed by atoms with E-state index in [-0.39, 0.29) is 5.91 Å². The van der Waals surface area contributed by atoms with Crippen LogP contribution in [-0.4, -0.2) is 57.5 Å². The predicted octanol–water partition coefficient (Wildman–Crippen LogP) is 1.24. The maximum absolute atomic E-state index is 12.0. The van der Waals surface area contributed by atoms with E-state index in [0.717, 1.165) is 43.6 Å². The first kappa shape index (κ1) is 16.3. The molecule has 0 aromatic carbocycles. The van der Waals surface area contributed by atoms with Crippen molar-refractivity contribution in [1.29, 1.82) is 0 Å². The molecule has 118 valence electrons. The summed E-state index contributed by atoms with van der Waals surface area (Å²) in [5.74, 6) is 2.05. The average Bonchev–Trinajstić information content (AvgIpc) is 2.88. The van der Waals surface area contributed by atoms with Gasteiger partial charge in [-0.05, 0) is 33.2 Å². The molecule has 2 rings (SSSR count). The first-order chi connectivity index (χ1) is 10.2. The highest BCUT2D eigenvalue weighted by molar-refractivity contribution is 7.99. The van der Waals surface area contributed by atoms with Crippen molar-refractivity contribution >= 4 is 17.7 Å². The van der Waals surface area contributed by atoms with Gasteiger partial charge in [0.15, 0.2) is 5.16 Å². The van der Waals surface area contributed by atoms with E-state index >= 15 is 0 Å². The molecular weight excluding hydrogens is 286 g/mol. The summed E-state index contributed by atoms with van der Waals surface area (Å²) in [6.45, 7) is 7.58. The monoisotopic (exact) mass is 311 g/mol. The molecule has 21 heavy (non-hydrogen) atoms. The molecule has 0 radical (unpaired) electrons. The zero-order valence-corrected chi connectivity index (χ0v) is 13.9. The number of carbonyl (C=O) groups is 1. The van der Waals surface area contributed by atoms with Crippen LogP contribution in [0.15, 0.2) is 5.16 Å². The molecule has 2 heterocycles. The molecule has 1 aromatic heterocycles. The fourth-order valence-electron chi connectivity index (χ4n) is 2.67. The minimum atomic E-state index is 0.161. The van der Waals surface area contributed by atoms with Crippen molar-refractivity contribution in [2.45, 2.75) is 37.8 Å². The number of piperidine rings is 1. The van der Waals surface area contributed by atoms with Crippen LogP contribution in [0.5, 0.6) is 0 Å². The maximum atomic E-state index is 12.0. The molecule has 1 saturated heterocycles. The molecule has 1 amide bonds. The van der Waals surface area contributed by atoms with E-state index in [1.54, 1.807) is 0 Å². The molecule has 0 spiro atoms. The second kappa shape index (κ2) is 7.79. The highest BCUT2D eigenvalue weighted by atomic mass is 32.2. The van der Waals surface area contributed by atoms with Crippen molar-refractivity contribution < 1.29 is 4.79 Å². The highest BCUT2D eigenvalue weighted by Gasteiger charge is 2.22. The van der Waals surface area contributed by atoms with Crippen LogP contribution >= 0.6 is 11.8 Å². The largest absolute Gasteiger partial charge is 0.343 e. The van der Waals surface area contributed by atoms with Gasteiger partial charge in [-0.3, -0.25) is 4.79 Å². The molecular formula is C14H25N5OS. The Labute approximate surface area is 130 Å². The number of carbonyl (C=O) groups excluding carboxylic acids is 1. The number of nitrogens with zero attached hydrogens (tertiary/aromatic N) is 4. The van der Waals surface area contributed by atoms with E-state index in [9.17, 15) is 4.79 Å². The molecule has 1 fully saturated rings.